The molecule has 0 radical (unpaired) electrons. The number of nitrogens with one attached hydrogen (secondary N) is 1. The van der Waals surface area contributed by atoms with Crippen molar-refractivity contribution in [2.75, 3.05) is 13.1 Å². The summed E-state index contributed by atoms with van der Waals surface area (Å²) in [5.41, 5.74) is 2.29. The number of rotatable bonds is 5. The highest BCUT2D eigenvalue weighted by Gasteiger charge is 2.24. The molecular formula is C22H26N4O. The second-order valence-electron chi connectivity index (χ2n) is 7.82. The zero-order valence-corrected chi connectivity index (χ0v) is 15.6. The van der Waals surface area contributed by atoms with Crippen molar-refractivity contribution in [3.8, 4) is 5.75 Å². The summed E-state index contributed by atoms with van der Waals surface area (Å²) in [6.45, 7) is 3.02. The van der Waals surface area contributed by atoms with Crippen LogP contribution in [0.4, 0.5) is 0 Å². The molecule has 0 unspecified atom stereocenters. The van der Waals surface area contributed by atoms with E-state index < -0.39 is 0 Å². The molecule has 1 N–H and O–H groups in total. The fraction of sp³-hybridized carbons (Fsp3) is 0.455. The van der Waals surface area contributed by atoms with Crippen molar-refractivity contribution >= 4 is 10.9 Å². The molecule has 2 aliphatic rings. The van der Waals surface area contributed by atoms with Crippen LogP contribution in [0.3, 0.4) is 0 Å². The van der Waals surface area contributed by atoms with E-state index in [1.165, 1.54) is 24.6 Å². The number of hydrogen-bond donors (Lipinski definition) is 1. The largest absolute Gasteiger partial charge is 0.490 e. The minimum atomic E-state index is 0.290. The molecule has 5 heteroatoms. The van der Waals surface area contributed by atoms with Crippen LogP contribution in [0, 0.1) is 0 Å². The molecule has 1 saturated carbocycles. The molecular weight excluding hydrogens is 336 g/mol. The predicted octanol–water partition coefficient (Wildman–Crippen LogP) is 4.27. The van der Waals surface area contributed by atoms with Crippen molar-refractivity contribution in [2.45, 2.75) is 50.7 Å². The van der Waals surface area contributed by atoms with Crippen LogP contribution in [0.2, 0.25) is 0 Å². The quantitative estimate of drug-likeness (QED) is 0.736. The first-order valence-electron chi connectivity index (χ1n) is 10.1. The van der Waals surface area contributed by atoms with Gasteiger partial charge in [0.2, 0.25) is 0 Å². The number of aromatic nitrogens is 3. The Hall–Kier alpha value is -2.40. The van der Waals surface area contributed by atoms with Gasteiger partial charge < -0.3 is 9.72 Å². The first-order chi connectivity index (χ1) is 13.3. The number of benzene rings is 1. The van der Waals surface area contributed by atoms with Gasteiger partial charge in [-0.2, -0.15) is 0 Å². The summed E-state index contributed by atoms with van der Waals surface area (Å²) in [5, 5.41) is 1.17. The number of nitrogens with zero attached hydrogens (tertiary/aromatic N) is 3. The lowest BCUT2D eigenvalue weighted by molar-refractivity contribution is 0.0972. The number of likely N-dealkylation sites (tertiary alicyclic amines) is 1. The molecule has 27 heavy (non-hydrogen) atoms. The average molecular weight is 362 g/mol. The molecule has 140 valence electrons. The van der Waals surface area contributed by atoms with E-state index in [1.54, 1.807) is 0 Å². The van der Waals surface area contributed by atoms with Gasteiger partial charge in [-0.05, 0) is 49.9 Å². The molecule has 5 rings (SSSR count). The van der Waals surface area contributed by atoms with Gasteiger partial charge in [-0.15, -0.1) is 0 Å². The van der Waals surface area contributed by atoms with Gasteiger partial charge in [0.25, 0.3) is 0 Å². The SMILES string of the molecule is c1cc(OC2CCN(Cc3ccnc(C4CCC4)n3)CC2)c2cc[nH]c2c1. The Morgan fingerprint density at radius 1 is 1.07 bits per heavy atom. The van der Waals surface area contributed by atoms with E-state index in [2.05, 4.69) is 45.2 Å². The highest BCUT2D eigenvalue weighted by atomic mass is 16.5. The van der Waals surface area contributed by atoms with Gasteiger partial charge >= 0.3 is 0 Å². The summed E-state index contributed by atoms with van der Waals surface area (Å²) < 4.78 is 6.33. The molecule has 5 nitrogen and oxygen atoms in total. The molecule has 1 aliphatic carbocycles. The van der Waals surface area contributed by atoms with E-state index in [4.69, 9.17) is 9.72 Å². The maximum atomic E-state index is 6.33. The van der Waals surface area contributed by atoms with E-state index in [0.29, 0.717) is 5.92 Å². The first kappa shape index (κ1) is 16.8. The standard InChI is InChI=1S/C22H26N4O/c1-3-16(4-1)22-24-11-7-17(25-22)15-26-13-9-18(10-14-26)27-21-6-2-5-20-19(21)8-12-23-20/h2,5-8,11-12,16,18,23H,1,3-4,9-10,13-15H2. The number of ether oxygens (including phenoxy) is 1. The third-order valence-electron chi connectivity index (χ3n) is 5.97. The second-order valence-corrected chi connectivity index (χ2v) is 7.82. The lowest BCUT2D eigenvalue weighted by Crippen LogP contribution is -2.38. The van der Waals surface area contributed by atoms with Gasteiger partial charge in [-0.1, -0.05) is 12.5 Å². The molecule has 0 bridgehead atoms. The van der Waals surface area contributed by atoms with Crippen molar-refractivity contribution in [3.63, 3.8) is 0 Å². The van der Waals surface area contributed by atoms with Crippen LogP contribution in [-0.2, 0) is 6.54 Å². The van der Waals surface area contributed by atoms with E-state index >= 15 is 0 Å². The van der Waals surface area contributed by atoms with Crippen molar-refractivity contribution in [3.05, 3.63) is 54.2 Å². The van der Waals surface area contributed by atoms with Gasteiger partial charge in [0, 0.05) is 48.8 Å². The normalized spacial score (nSPS) is 19.3. The average Bonchev–Trinajstić information content (AvgIpc) is 3.12. The van der Waals surface area contributed by atoms with Gasteiger partial charge in [-0.25, -0.2) is 9.97 Å². The molecule has 3 aromatic rings. The Balaban J connectivity index is 1.18. The van der Waals surface area contributed by atoms with Crippen LogP contribution in [0.5, 0.6) is 5.75 Å². The lowest BCUT2D eigenvalue weighted by atomic mass is 9.85. The summed E-state index contributed by atoms with van der Waals surface area (Å²) in [7, 11) is 0. The highest BCUT2D eigenvalue weighted by Crippen LogP contribution is 2.34. The molecule has 3 heterocycles. The Morgan fingerprint density at radius 3 is 2.78 bits per heavy atom. The van der Waals surface area contributed by atoms with E-state index in [0.717, 1.165) is 55.3 Å². The predicted molar refractivity (Wildman–Crippen MR) is 106 cm³/mol. The number of piperidine rings is 1. The summed E-state index contributed by atoms with van der Waals surface area (Å²) >= 11 is 0. The third kappa shape index (κ3) is 3.56. The van der Waals surface area contributed by atoms with Crippen LogP contribution in [0.1, 0.15) is 49.5 Å². The Bertz CT molecular complexity index is 909. The molecule has 1 aliphatic heterocycles. The Labute approximate surface area is 159 Å². The van der Waals surface area contributed by atoms with Gasteiger partial charge in [0.15, 0.2) is 0 Å². The maximum Gasteiger partial charge on any atom is 0.131 e. The summed E-state index contributed by atoms with van der Waals surface area (Å²) in [6, 6.07) is 10.4. The summed E-state index contributed by atoms with van der Waals surface area (Å²) in [6.07, 6.45) is 10.1. The smallest absolute Gasteiger partial charge is 0.131 e. The topological polar surface area (TPSA) is 54.0 Å². The highest BCUT2D eigenvalue weighted by molar-refractivity contribution is 5.85. The van der Waals surface area contributed by atoms with Gasteiger partial charge in [0.1, 0.15) is 17.7 Å². The van der Waals surface area contributed by atoms with Crippen molar-refractivity contribution in [2.24, 2.45) is 0 Å². The first-order valence-corrected chi connectivity index (χ1v) is 10.1. The van der Waals surface area contributed by atoms with E-state index in [1.807, 2.05) is 12.4 Å². The van der Waals surface area contributed by atoms with Crippen LogP contribution in [0.15, 0.2) is 42.7 Å². The number of fused-ring (bicyclic) bond motifs is 1. The molecule has 1 aromatic carbocycles. The fourth-order valence-corrected chi connectivity index (χ4v) is 4.12. The van der Waals surface area contributed by atoms with Gasteiger partial charge in [-0.3, -0.25) is 4.90 Å². The Kier molecular flexibility index (Phi) is 4.54. The van der Waals surface area contributed by atoms with Crippen molar-refractivity contribution in [1.29, 1.82) is 0 Å². The van der Waals surface area contributed by atoms with E-state index in [-0.39, 0.29) is 6.10 Å². The zero-order valence-electron chi connectivity index (χ0n) is 15.6. The molecule has 2 fully saturated rings. The summed E-state index contributed by atoms with van der Waals surface area (Å²) in [5.74, 6) is 2.64. The second kappa shape index (κ2) is 7.31. The molecule has 2 aromatic heterocycles. The molecule has 1 saturated heterocycles. The lowest BCUT2D eigenvalue weighted by Gasteiger charge is -2.32. The number of hydrogen-bond acceptors (Lipinski definition) is 4. The third-order valence-corrected chi connectivity index (χ3v) is 5.97. The number of aromatic amines is 1. The van der Waals surface area contributed by atoms with Crippen LogP contribution < -0.4 is 4.74 Å². The maximum absolute atomic E-state index is 6.33. The molecule has 0 amide bonds. The van der Waals surface area contributed by atoms with Crippen LogP contribution >= 0.6 is 0 Å². The Morgan fingerprint density at radius 2 is 1.96 bits per heavy atom. The van der Waals surface area contributed by atoms with E-state index in [9.17, 15) is 0 Å². The monoisotopic (exact) mass is 362 g/mol. The zero-order chi connectivity index (χ0) is 18.1. The van der Waals surface area contributed by atoms with Crippen molar-refractivity contribution in [1.82, 2.24) is 19.9 Å². The van der Waals surface area contributed by atoms with Crippen LogP contribution in [-0.4, -0.2) is 39.0 Å². The fourth-order valence-electron chi connectivity index (χ4n) is 4.12. The summed E-state index contributed by atoms with van der Waals surface area (Å²) in [4.78, 5) is 15.0. The molecule has 0 spiro atoms. The van der Waals surface area contributed by atoms with Gasteiger partial charge in [0.05, 0.1) is 5.69 Å². The van der Waals surface area contributed by atoms with Crippen molar-refractivity contribution < 1.29 is 4.74 Å². The minimum Gasteiger partial charge on any atom is -0.490 e. The molecule has 0 atom stereocenters. The van der Waals surface area contributed by atoms with Crippen LogP contribution in [0.25, 0.3) is 10.9 Å². The minimum absolute atomic E-state index is 0.290. The number of H-pyrrole nitrogens is 1.